The lowest BCUT2D eigenvalue weighted by Gasteiger charge is -2.08. The Kier molecular flexibility index (Phi) is 6.79. The van der Waals surface area contributed by atoms with E-state index in [1.807, 2.05) is 6.92 Å². The van der Waals surface area contributed by atoms with Crippen LogP contribution in [0.1, 0.15) is 25.8 Å². The molecule has 120 valence electrons. The Labute approximate surface area is 127 Å². The monoisotopic (exact) mass is 334 g/mol. The zero-order valence-electron chi connectivity index (χ0n) is 12.3. The summed E-state index contributed by atoms with van der Waals surface area (Å²) in [4.78, 5) is 0.217. The molecule has 0 aliphatic carbocycles. The van der Waals surface area contributed by atoms with E-state index in [0.29, 0.717) is 6.42 Å². The maximum absolute atomic E-state index is 12.0. The number of nitrogens with one attached hydrogen (secondary N) is 2. The van der Waals surface area contributed by atoms with Gasteiger partial charge in [-0.25, -0.2) is 26.3 Å². The van der Waals surface area contributed by atoms with Crippen molar-refractivity contribution in [3.05, 3.63) is 29.8 Å². The van der Waals surface area contributed by atoms with Gasteiger partial charge < -0.3 is 0 Å². The van der Waals surface area contributed by atoms with Gasteiger partial charge >= 0.3 is 0 Å². The molecule has 6 nitrogen and oxygen atoms in total. The Morgan fingerprint density at radius 1 is 0.905 bits per heavy atom. The third-order valence-corrected chi connectivity index (χ3v) is 5.87. The van der Waals surface area contributed by atoms with Gasteiger partial charge in [0.1, 0.15) is 0 Å². The van der Waals surface area contributed by atoms with Crippen molar-refractivity contribution in [2.75, 3.05) is 18.8 Å². The maximum Gasteiger partial charge on any atom is 0.240 e. The lowest BCUT2D eigenvalue weighted by molar-refractivity contribution is 0.573. The predicted molar refractivity (Wildman–Crippen MR) is 83.1 cm³/mol. The molecule has 0 saturated heterocycles. The number of hydrogen-bond donors (Lipinski definition) is 2. The van der Waals surface area contributed by atoms with Crippen molar-refractivity contribution in [2.45, 2.75) is 31.6 Å². The summed E-state index contributed by atoms with van der Waals surface area (Å²) in [5.41, 5.74) is 1.07. The van der Waals surface area contributed by atoms with Crippen LogP contribution in [0.2, 0.25) is 0 Å². The maximum atomic E-state index is 12.0. The van der Waals surface area contributed by atoms with E-state index in [2.05, 4.69) is 9.44 Å². The van der Waals surface area contributed by atoms with Crippen molar-refractivity contribution < 1.29 is 16.8 Å². The highest BCUT2D eigenvalue weighted by molar-refractivity contribution is 7.89. The van der Waals surface area contributed by atoms with Gasteiger partial charge in [-0.1, -0.05) is 19.1 Å². The average Bonchev–Trinajstić information content (AvgIpc) is 2.46. The zero-order valence-corrected chi connectivity index (χ0v) is 13.9. The summed E-state index contributed by atoms with van der Waals surface area (Å²) in [7, 11) is -6.76. The van der Waals surface area contributed by atoms with Gasteiger partial charge in [0, 0.05) is 13.1 Å². The Morgan fingerprint density at radius 3 is 2.00 bits per heavy atom. The smallest absolute Gasteiger partial charge is 0.215 e. The third-order valence-electron chi connectivity index (χ3n) is 2.99. The Hall–Kier alpha value is -0.960. The van der Waals surface area contributed by atoms with Gasteiger partial charge in [-0.2, -0.15) is 0 Å². The minimum Gasteiger partial charge on any atom is -0.215 e. The van der Waals surface area contributed by atoms with Crippen molar-refractivity contribution in [2.24, 2.45) is 0 Å². The highest BCUT2D eigenvalue weighted by atomic mass is 32.2. The molecule has 1 rings (SSSR count). The topological polar surface area (TPSA) is 92.3 Å². The van der Waals surface area contributed by atoms with Gasteiger partial charge in [-0.15, -0.1) is 0 Å². The molecule has 0 saturated carbocycles. The molecule has 0 aliphatic heterocycles. The van der Waals surface area contributed by atoms with E-state index >= 15 is 0 Å². The third kappa shape index (κ3) is 6.13. The van der Waals surface area contributed by atoms with Crippen molar-refractivity contribution in [1.82, 2.24) is 9.44 Å². The van der Waals surface area contributed by atoms with E-state index in [1.165, 1.54) is 0 Å². The van der Waals surface area contributed by atoms with Crippen LogP contribution in [0.5, 0.6) is 0 Å². The second-order valence-electron chi connectivity index (χ2n) is 4.55. The highest BCUT2D eigenvalue weighted by Gasteiger charge is 2.13. The fraction of sp³-hybridized carbons (Fsp3) is 0.538. The second kappa shape index (κ2) is 7.88. The van der Waals surface area contributed by atoms with Crippen molar-refractivity contribution in [3.8, 4) is 0 Å². The van der Waals surface area contributed by atoms with Gasteiger partial charge in [-0.3, -0.25) is 0 Å². The van der Waals surface area contributed by atoms with Crippen molar-refractivity contribution in [1.29, 1.82) is 0 Å². The van der Waals surface area contributed by atoms with Crippen LogP contribution in [-0.2, 0) is 26.5 Å². The lowest BCUT2D eigenvalue weighted by atomic mass is 10.2. The average molecular weight is 334 g/mol. The fourth-order valence-corrected chi connectivity index (χ4v) is 3.35. The minimum atomic E-state index is -3.53. The minimum absolute atomic E-state index is 0.0164. The number of aryl methyl sites for hydroxylation is 1. The normalized spacial score (nSPS) is 12.5. The highest BCUT2D eigenvalue weighted by Crippen LogP contribution is 2.10. The number of benzene rings is 1. The molecule has 0 heterocycles. The first-order valence-corrected chi connectivity index (χ1v) is 10.00. The van der Waals surface area contributed by atoms with Gasteiger partial charge in [-0.05, 0) is 37.5 Å². The first-order chi connectivity index (χ1) is 9.80. The van der Waals surface area contributed by atoms with Crippen LogP contribution >= 0.6 is 0 Å². The molecular weight excluding hydrogens is 312 g/mol. The zero-order chi connectivity index (χ0) is 15.9. The first-order valence-electron chi connectivity index (χ1n) is 6.86. The van der Waals surface area contributed by atoms with Gasteiger partial charge in [0.05, 0.1) is 10.6 Å². The van der Waals surface area contributed by atoms with E-state index in [0.717, 1.165) is 12.0 Å². The van der Waals surface area contributed by atoms with Gasteiger partial charge in [0.25, 0.3) is 0 Å². The molecule has 0 radical (unpaired) electrons. The van der Waals surface area contributed by atoms with Crippen LogP contribution in [0.25, 0.3) is 0 Å². The summed E-state index contributed by atoms with van der Waals surface area (Å²) in [5.74, 6) is 0.0164. The predicted octanol–water partition coefficient (Wildman–Crippen LogP) is 0.857. The quantitative estimate of drug-likeness (QED) is 0.655. The molecule has 0 fully saturated rings. The van der Waals surface area contributed by atoms with Crippen LogP contribution < -0.4 is 9.44 Å². The molecule has 0 unspecified atom stereocenters. The Balaban J connectivity index is 2.46. The van der Waals surface area contributed by atoms with Crippen molar-refractivity contribution in [3.63, 3.8) is 0 Å². The fourth-order valence-electron chi connectivity index (χ4n) is 1.61. The molecule has 0 atom stereocenters. The molecule has 2 N–H and O–H groups in total. The molecule has 1 aromatic carbocycles. The summed E-state index contributed by atoms with van der Waals surface area (Å²) in [6.07, 6.45) is 1.25. The number of sulfonamides is 2. The molecule has 0 amide bonds. The van der Waals surface area contributed by atoms with Crippen molar-refractivity contribution >= 4 is 20.0 Å². The summed E-state index contributed by atoms with van der Waals surface area (Å²) in [6, 6.07) is 6.70. The lowest BCUT2D eigenvalue weighted by Crippen LogP contribution is -2.30. The molecule has 1 aromatic rings. The van der Waals surface area contributed by atoms with Crippen LogP contribution in [-0.4, -0.2) is 35.7 Å². The first kappa shape index (κ1) is 18.1. The van der Waals surface area contributed by atoms with Crippen LogP contribution in [0, 0.1) is 0 Å². The number of hydrogen-bond acceptors (Lipinski definition) is 4. The largest absolute Gasteiger partial charge is 0.240 e. The van der Waals surface area contributed by atoms with Gasteiger partial charge in [0.2, 0.25) is 20.0 Å². The number of rotatable bonds is 9. The molecule has 0 spiro atoms. The van der Waals surface area contributed by atoms with E-state index in [-0.39, 0.29) is 23.7 Å². The summed E-state index contributed by atoms with van der Waals surface area (Å²) < 4.78 is 51.2. The molecule has 21 heavy (non-hydrogen) atoms. The molecule has 0 aromatic heterocycles. The van der Waals surface area contributed by atoms with E-state index in [9.17, 15) is 16.8 Å². The summed E-state index contributed by atoms with van der Waals surface area (Å²) >= 11 is 0. The molecule has 0 bridgehead atoms. The SMILES string of the molecule is CCc1ccc(S(=O)(=O)NCCCNS(=O)(=O)CC)cc1. The van der Waals surface area contributed by atoms with Crippen LogP contribution in [0.4, 0.5) is 0 Å². The summed E-state index contributed by atoms with van der Waals surface area (Å²) in [5, 5.41) is 0. The van der Waals surface area contributed by atoms with E-state index in [1.54, 1.807) is 31.2 Å². The molecule has 0 aliphatic rings. The molecular formula is C13H22N2O4S2. The van der Waals surface area contributed by atoms with Crippen LogP contribution in [0.15, 0.2) is 29.2 Å². The Morgan fingerprint density at radius 2 is 1.48 bits per heavy atom. The van der Waals surface area contributed by atoms with E-state index < -0.39 is 20.0 Å². The summed E-state index contributed by atoms with van der Waals surface area (Å²) in [6.45, 7) is 3.95. The second-order valence-corrected chi connectivity index (χ2v) is 8.41. The Bertz CT molecular complexity index is 637. The standard InChI is InChI=1S/C13H22N2O4S2/c1-3-12-6-8-13(9-7-12)21(18,19)15-11-5-10-14-20(16,17)4-2/h6-9,14-15H,3-5,10-11H2,1-2H3. The molecule has 8 heteroatoms. The van der Waals surface area contributed by atoms with E-state index in [4.69, 9.17) is 0 Å². The van der Waals surface area contributed by atoms with Crippen LogP contribution in [0.3, 0.4) is 0 Å². The van der Waals surface area contributed by atoms with Gasteiger partial charge in [0.15, 0.2) is 0 Å².